The monoisotopic (exact) mass is 299 g/mol. The molecule has 2 N–H and O–H groups in total. The van der Waals surface area contributed by atoms with Gasteiger partial charge < -0.3 is 15.4 Å². The molecule has 0 fully saturated rings. The van der Waals surface area contributed by atoms with Gasteiger partial charge in [0.15, 0.2) is 15.8 Å². The molecule has 114 valence electrons. The molecule has 0 aliphatic heterocycles. The van der Waals surface area contributed by atoms with Gasteiger partial charge in [0, 0.05) is 13.1 Å². The molecule has 0 unspecified atom stereocenters. The number of rotatable bonds is 7. The number of nitrogens with two attached hydrogens (primary N) is 1. The van der Waals surface area contributed by atoms with Crippen LogP contribution in [0.25, 0.3) is 0 Å². The number of carbonyl (C=O) groups is 1. The fourth-order valence-corrected chi connectivity index (χ4v) is 2.75. The van der Waals surface area contributed by atoms with Crippen LogP contribution in [0.2, 0.25) is 0 Å². The summed E-state index contributed by atoms with van der Waals surface area (Å²) in [6.07, 6.45) is 0. The summed E-state index contributed by atoms with van der Waals surface area (Å²) in [5.41, 5.74) is 5.79. The van der Waals surface area contributed by atoms with Crippen LogP contribution in [-0.2, 0) is 4.74 Å². The van der Waals surface area contributed by atoms with Gasteiger partial charge in [-0.05, 0) is 18.8 Å². The Morgan fingerprint density at radius 1 is 1.30 bits per heavy atom. The number of carbonyl (C=O) groups excluding carboxylic acids is 1. The van der Waals surface area contributed by atoms with E-state index in [1.807, 2.05) is 0 Å². The van der Waals surface area contributed by atoms with Crippen LogP contribution in [0, 0.1) is 11.8 Å². The number of hydrogen-bond acceptors (Lipinski definition) is 6. The van der Waals surface area contributed by atoms with E-state index in [0.717, 1.165) is 13.1 Å². The Labute approximate surface area is 125 Å². The van der Waals surface area contributed by atoms with Gasteiger partial charge in [-0.1, -0.05) is 39.0 Å². The van der Waals surface area contributed by atoms with Crippen LogP contribution in [-0.4, -0.2) is 30.6 Å². The van der Waals surface area contributed by atoms with Crippen molar-refractivity contribution in [2.75, 3.05) is 30.3 Å². The van der Waals surface area contributed by atoms with Gasteiger partial charge in [-0.15, -0.1) is 0 Å². The van der Waals surface area contributed by atoms with E-state index >= 15 is 0 Å². The van der Waals surface area contributed by atoms with Gasteiger partial charge in [-0.2, -0.15) is 0 Å². The van der Waals surface area contributed by atoms with Crippen LogP contribution in [0.15, 0.2) is 0 Å². The smallest absolute Gasteiger partial charge is 0.352 e. The Balaban J connectivity index is 3.08. The maximum atomic E-state index is 12.0. The molecule has 0 saturated carbocycles. The molecule has 0 aliphatic carbocycles. The second-order valence-electron chi connectivity index (χ2n) is 5.62. The van der Waals surface area contributed by atoms with E-state index in [4.69, 9.17) is 10.5 Å². The maximum absolute atomic E-state index is 12.0. The van der Waals surface area contributed by atoms with Gasteiger partial charge in [-0.3, -0.25) is 0 Å². The molecule has 1 aromatic rings. The van der Waals surface area contributed by atoms with E-state index in [1.54, 1.807) is 6.92 Å². The van der Waals surface area contributed by atoms with Gasteiger partial charge in [0.05, 0.1) is 6.61 Å². The maximum Gasteiger partial charge on any atom is 0.352 e. The van der Waals surface area contributed by atoms with Gasteiger partial charge >= 0.3 is 5.97 Å². The van der Waals surface area contributed by atoms with Crippen LogP contribution in [0.5, 0.6) is 0 Å². The summed E-state index contributed by atoms with van der Waals surface area (Å²) in [5.74, 6) is 1.28. The lowest BCUT2D eigenvalue weighted by Gasteiger charge is -2.27. The van der Waals surface area contributed by atoms with Gasteiger partial charge in [-0.25, -0.2) is 9.78 Å². The summed E-state index contributed by atoms with van der Waals surface area (Å²) in [7, 11) is 0. The van der Waals surface area contributed by atoms with Crippen molar-refractivity contribution in [1.29, 1.82) is 0 Å². The van der Waals surface area contributed by atoms with E-state index in [2.05, 4.69) is 37.6 Å². The molecule has 0 atom stereocenters. The summed E-state index contributed by atoms with van der Waals surface area (Å²) >= 11 is 1.20. The zero-order valence-corrected chi connectivity index (χ0v) is 13.8. The fourth-order valence-electron chi connectivity index (χ4n) is 2.00. The lowest BCUT2D eigenvalue weighted by Crippen LogP contribution is -2.32. The van der Waals surface area contributed by atoms with Crippen molar-refractivity contribution in [1.82, 2.24) is 4.98 Å². The highest BCUT2D eigenvalue weighted by Gasteiger charge is 2.24. The van der Waals surface area contributed by atoms with Crippen molar-refractivity contribution < 1.29 is 9.53 Å². The van der Waals surface area contributed by atoms with Gasteiger partial charge in [0.25, 0.3) is 0 Å². The van der Waals surface area contributed by atoms with Crippen molar-refractivity contribution >= 4 is 28.3 Å². The summed E-state index contributed by atoms with van der Waals surface area (Å²) in [5, 5.41) is 0.403. The van der Waals surface area contributed by atoms with Crippen LogP contribution >= 0.6 is 11.3 Å². The van der Waals surface area contributed by atoms with Crippen molar-refractivity contribution in [3.8, 4) is 0 Å². The first-order valence-electron chi connectivity index (χ1n) is 7.03. The first-order valence-corrected chi connectivity index (χ1v) is 7.85. The third-order valence-electron chi connectivity index (χ3n) is 2.56. The summed E-state index contributed by atoms with van der Waals surface area (Å²) in [6, 6.07) is 0. The lowest BCUT2D eigenvalue weighted by molar-refractivity contribution is 0.0532. The van der Waals surface area contributed by atoms with Crippen LogP contribution in [0.4, 0.5) is 10.9 Å². The molecule has 6 heteroatoms. The quantitative estimate of drug-likeness (QED) is 0.784. The molecule has 0 aliphatic rings. The van der Waals surface area contributed by atoms with Crippen molar-refractivity contribution in [2.24, 2.45) is 11.8 Å². The minimum absolute atomic E-state index is 0.339. The van der Waals surface area contributed by atoms with Crippen LogP contribution in [0.1, 0.15) is 44.3 Å². The van der Waals surface area contributed by atoms with E-state index in [-0.39, 0.29) is 5.97 Å². The predicted molar refractivity (Wildman–Crippen MR) is 84.4 cm³/mol. The Morgan fingerprint density at radius 3 is 2.30 bits per heavy atom. The predicted octanol–water partition coefficient (Wildman–Crippen LogP) is 3.02. The molecule has 5 nitrogen and oxygen atoms in total. The number of ether oxygens (including phenoxy) is 1. The summed E-state index contributed by atoms with van der Waals surface area (Å²) < 4.78 is 5.09. The molecule has 0 saturated heterocycles. The van der Waals surface area contributed by atoms with E-state index in [9.17, 15) is 4.79 Å². The van der Waals surface area contributed by atoms with E-state index < -0.39 is 0 Å². The SMILES string of the molecule is CCOC(=O)c1sc(N)nc1N(CC(C)C)CC(C)C. The standard InChI is InChI=1S/C14H25N3O2S/c1-6-19-13(18)11-12(16-14(15)20-11)17(7-9(2)3)8-10(4)5/h9-10H,6-8H2,1-5H3,(H2,15,16). The third-order valence-corrected chi connectivity index (χ3v) is 3.41. The molecule has 0 radical (unpaired) electrons. The summed E-state index contributed by atoms with van der Waals surface area (Å²) in [6.45, 7) is 12.4. The first kappa shape index (κ1) is 16.8. The Morgan fingerprint density at radius 2 is 1.85 bits per heavy atom. The first-order chi connectivity index (χ1) is 9.35. The zero-order valence-electron chi connectivity index (χ0n) is 13.0. The molecule has 0 spiro atoms. The number of thiazole rings is 1. The number of esters is 1. The molecule has 20 heavy (non-hydrogen) atoms. The van der Waals surface area contributed by atoms with Crippen molar-refractivity contribution in [3.63, 3.8) is 0 Å². The summed E-state index contributed by atoms with van der Waals surface area (Å²) in [4.78, 5) is 19.0. The highest BCUT2D eigenvalue weighted by atomic mass is 32.1. The van der Waals surface area contributed by atoms with E-state index in [1.165, 1.54) is 11.3 Å². The molecule has 0 aromatic carbocycles. The van der Waals surface area contributed by atoms with Crippen molar-refractivity contribution in [2.45, 2.75) is 34.6 Å². The Kier molecular flexibility index (Phi) is 6.26. The molecular weight excluding hydrogens is 274 g/mol. The zero-order chi connectivity index (χ0) is 15.3. The molecule has 0 amide bonds. The Hall–Kier alpha value is -1.30. The average molecular weight is 299 g/mol. The van der Waals surface area contributed by atoms with Gasteiger partial charge in [0.1, 0.15) is 0 Å². The normalized spacial score (nSPS) is 11.2. The molecule has 1 heterocycles. The minimum Gasteiger partial charge on any atom is -0.462 e. The molecule has 1 rings (SSSR count). The third kappa shape index (κ3) is 4.67. The highest BCUT2D eigenvalue weighted by molar-refractivity contribution is 7.17. The average Bonchev–Trinajstić information content (AvgIpc) is 2.69. The largest absolute Gasteiger partial charge is 0.462 e. The van der Waals surface area contributed by atoms with Crippen LogP contribution in [0.3, 0.4) is 0 Å². The second kappa shape index (κ2) is 7.47. The molecular formula is C14H25N3O2S. The highest BCUT2D eigenvalue weighted by Crippen LogP contribution is 2.30. The second-order valence-corrected chi connectivity index (χ2v) is 6.65. The number of nitrogen functional groups attached to an aromatic ring is 1. The molecule has 1 aromatic heterocycles. The topological polar surface area (TPSA) is 68.5 Å². The van der Waals surface area contributed by atoms with Gasteiger partial charge in [0.2, 0.25) is 0 Å². The number of hydrogen-bond donors (Lipinski definition) is 1. The minimum atomic E-state index is -0.339. The fraction of sp³-hybridized carbons (Fsp3) is 0.714. The number of anilines is 2. The number of aromatic nitrogens is 1. The molecule has 0 bridgehead atoms. The van der Waals surface area contributed by atoms with E-state index in [0.29, 0.717) is 34.3 Å². The lowest BCUT2D eigenvalue weighted by atomic mass is 10.1. The Bertz CT molecular complexity index is 434. The number of nitrogens with zero attached hydrogens (tertiary/aromatic N) is 2. The van der Waals surface area contributed by atoms with Crippen LogP contribution < -0.4 is 10.6 Å². The van der Waals surface area contributed by atoms with Crippen molar-refractivity contribution in [3.05, 3.63) is 4.88 Å².